The molecule has 2 rings (SSSR count). The lowest BCUT2D eigenvalue weighted by molar-refractivity contribution is 0.316. The Hall–Kier alpha value is -1.58. The molecule has 0 amide bonds. The van der Waals surface area contributed by atoms with Gasteiger partial charge in [-0.2, -0.15) is 0 Å². The highest BCUT2D eigenvalue weighted by Crippen LogP contribution is 2.13. The largest absolute Gasteiger partial charge is 0.469 e. The van der Waals surface area contributed by atoms with Gasteiger partial charge in [-0.25, -0.2) is 0 Å². The van der Waals surface area contributed by atoms with E-state index in [4.69, 9.17) is 4.42 Å². The van der Waals surface area contributed by atoms with Crippen molar-refractivity contribution in [3.63, 3.8) is 0 Å². The monoisotopic (exact) mass is 286 g/mol. The number of rotatable bonds is 7. The molecule has 0 fully saturated rings. The Balaban J connectivity index is 1.86. The Morgan fingerprint density at radius 2 is 1.71 bits per heavy atom. The van der Waals surface area contributed by atoms with Crippen LogP contribution in [0.25, 0.3) is 0 Å². The number of benzene rings is 1. The van der Waals surface area contributed by atoms with Crippen molar-refractivity contribution in [1.82, 2.24) is 10.2 Å². The molecule has 0 saturated carbocycles. The minimum absolute atomic E-state index is 0.522. The van der Waals surface area contributed by atoms with Crippen LogP contribution in [-0.2, 0) is 19.6 Å². The third-order valence-corrected chi connectivity index (χ3v) is 3.60. The molecule has 3 nitrogen and oxygen atoms in total. The number of nitrogens with one attached hydrogen (secondary N) is 1. The summed E-state index contributed by atoms with van der Waals surface area (Å²) in [6.07, 6.45) is 1.76. The highest BCUT2D eigenvalue weighted by Gasteiger charge is 2.06. The summed E-state index contributed by atoms with van der Waals surface area (Å²) in [6, 6.07) is 11.4. The maximum absolute atomic E-state index is 5.34. The average Bonchev–Trinajstić information content (AvgIpc) is 2.83. The van der Waals surface area contributed by atoms with E-state index in [0.29, 0.717) is 6.04 Å². The van der Waals surface area contributed by atoms with Gasteiger partial charge in [0.05, 0.1) is 6.26 Å². The van der Waals surface area contributed by atoms with Gasteiger partial charge >= 0.3 is 0 Å². The molecule has 1 aromatic heterocycles. The molecule has 1 N–H and O–H groups in total. The molecule has 3 heteroatoms. The predicted octanol–water partition coefficient (Wildman–Crippen LogP) is 3.72. The Labute approximate surface area is 128 Å². The van der Waals surface area contributed by atoms with Gasteiger partial charge in [0.25, 0.3) is 0 Å². The lowest BCUT2D eigenvalue weighted by atomic mass is 10.1. The quantitative estimate of drug-likeness (QED) is 0.841. The summed E-state index contributed by atoms with van der Waals surface area (Å²) in [5.41, 5.74) is 3.93. The second kappa shape index (κ2) is 7.43. The maximum Gasteiger partial charge on any atom is 0.105 e. The molecule has 114 valence electrons. The zero-order valence-corrected chi connectivity index (χ0v) is 13.5. The lowest BCUT2D eigenvalue weighted by Crippen LogP contribution is -2.21. The fourth-order valence-corrected chi connectivity index (χ4v) is 2.32. The average molecular weight is 286 g/mol. The first-order valence-electron chi connectivity index (χ1n) is 7.57. The number of aryl methyl sites for hydroxylation is 1. The zero-order chi connectivity index (χ0) is 15.2. The molecule has 0 spiro atoms. The minimum atomic E-state index is 0.522. The molecular formula is C18H26N2O. The molecule has 0 unspecified atom stereocenters. The van der Waals surface area contributed by atoms with E-state index in [1.54, 1.807) is 6.26 Å². The van der Waals surface area contributed by atoms with Crippen molar-refractivity contribution in [2.75, 3.05) is 7.05 Å². The summed E-state index contributed by atoms with van der Waals surface area (Å²) in [6.45, 7) is 9.14. The highest BCUT2D eigenvalue weighted by molar-refractivity contribution is 5.23. The smallest absolute Gasteiger partial charge is 0.105 e. The fourth-order valence-electron chi connectivity index (χ4n) is 2.32. The molecule has 0 atom stereocenters. The first-order chi connectivity index (χ1) is 10.0. The zero-order valence-electron chi connectivity index (χ0n) is 13.5. The van der Waals surface area contributed by atoms with Crippen LogP contribution in [0.2, 0.25) is 0 Å². The second-order valence-electron chi connectivity index (χ2n) is 6.03. The standard InChI is InChI=1S/C18H26N2O/c1-14(2)19-11-16-5-7-17(8-6-16)12-20(4)13-18-9-10-21-15(18)3/h5-10,14,19H,11-13H2,1-4H3. The molecule has 1 aromatic carbocycles. The summed E-state index contributed by atoms with van der Waals surface area (Å²) in [7, 11) is 2.14. The summed E-state index contributed by atoms with van der Waals surface area (Å²) in [5.74, 6) is 1.01. The molecule has 0 aliphatic carbocycles. The molecule has 2 aromatic rings. The summed E-state index contributed by atoms with van der Waals surface area (Å²) in [4.78, 5) is 2.30. The summed E-state index contributed by atoms with van der Waals surface area (Å²) >= 11 is 0. The van der Waals surface area contributed by atoms with Gasteiger partial charge in [-0.3, -0.25) is 4.90 Å². The van der Waals surface area contributed by atoms with E-state index in [2.05, 4.69) is 55.4 Å². The normalized spacial score (nSPS) is 11.5. The van der Waals surface area contributed by atoms with Gasteiger partial charge in [0.2, 0.25) is 0 Å². The van der Waals surface area contributed by atoms with Crippen molar-refractivity contribution in [2.24, 2.45) is 0 Å². The number of hydrogen-bond acceptors (Lipinski definition) is 3. The molecule has 0 saturated heterocycles. The summed E-state index contributed by atoms with van der Waals surface area (Å²) < 4.78 is 5.34. The predicted molar refractivity (Wildman–Crippen MR) is 87.0 cm³/mol. The van der Waals surface area contributed by atoms with Gasteiger partial charge in [-0.05, 0) is 31.2 Å². The van der Waals surface area contributed by atoms with Gasteiger partial charge < -0.3 is 9.73 Å². The van der Waals surface area contributed by atoms with Crippen molar-refractivity contribution >= 4 is 0 Å². The van der Waals surface area contributed by atoms with E-state index in [9.17, 15) is 0 Å². The Morgan fingerprint density at radius 1 is 1.05 bits per heavy atom. The Bertz CT molecular complexity index is 543. The van der Waals surface area contributed by atoms with Crippen molar-refractivity contribution in [3.05, 3.63) is 59.0 Å². The minimum Gasteiger partial charge on any atom is -0.469 e. The van der Waals surface area contributed by atoms with Crippen LogP contribution < -0.4 is 5.32 Å². The van der Waals surface area contributed by atoms with Crippen molar-refractivity contribution in [1.29, 1.82) is 0 Å². The van der Waals surface area contributed by atoms with Crippen LogP contribution >= 0.6 is 0 Å². The first-order valence-corrected chi connectivity index (χ1v) is 7.57. The third-order valence-electron chi connectivity index (χ3n) is 3.60. The number of nitrogens with zero attached hydrogens (tertiary/aromatic N) is 1. The van der Waals surface area contributed by atoms with E-state index < -0.39 is 0 Å². The van der Waals surface area contributed by atoms with E-state index >= 15 is 0 Å². The van der Waals surface area contributed by atoms with Crippen LogP contribution in [0.4, 0.5) is 0 Å². The second-order valence-corrected chi connectivity index (χ2v) is 6.03. The lowest BCUT2D eigenvalue weighted by Gasteiger charge is -2.16. The van der Waals surface area contributed by atoms with Crippen LogP contribution in [0.1, 0.15) is 36.3 Å². The van der Waals surface area contributed by atoms with Gasteiger partial charge in [0.15, 0.2) is 0 Å². The van der Waals surface area contributed by atoms with Crippen molar-refractivity contribution in [2.45, 2.75) is 46.4 Å². The fraction of sp³-hybridized carbons (Fsp3) is 0.444. The highest BCUT2D eigenvalue weighted by atomic mass is 16.3. The van der Waals surface area contributed by atoms with E-state index in [1.807, 2.05) is 13.0 Å². The molecular weight excluding hydrogens is 260 g/mol. The molecule has 0 aliphatic rings. The van der Waals surface area contributed by atoms with Gasteiger partial charge in [-0.1, -0.05) is 38.1 Å². The number of hydrogen-bond donors (Lipinski definition) is 1. The van der Waals surface area contributed by atoms with Crippen molar-refractivity contribution < 1.29 is 4.42 Å². The Kier molecular flexibility index (Phi) is 5.59. The number of furan rings is 1. The summed E-state index contributed by atoms with van der Waals surface area (Å²) in [5, 5.41) is 3.44. The van der Waals surface area contributed by atoms with Crippen molar-refractivity contribution in [3.8, 4) is 0 Å². The van der Waals surface area contributed by atoms with Crippen LogP contribution in [0.5, 0.6) is 0 Å². The molecule has 0 radical (unpaired) electrons. The molecule has 0 aliphatic heterocycles. The molecule has 21 heavy (non-hydrogen) atoms. The SMILES string of the molecule is Cc1occc1CN(C)Cc1ccc(CNC(C)C)cc1. The van der Waals surface area contributed by atoms with E-state index in [0.717, 1.165) is 25.4 Å². The first kappa shape index (κ1) is 15.8. The van der Waals surface area contributed by atoms with E-state index in [1.165, 1.54) is 16.7 Å². The maximum atomic E-state index is 5.34. The van der Waals surface area contributed by atoms with Gasteiger partial charge in [0.1, 0.15) is 5.76 Å². The third kappa shape index (κ3) is 5.03. The van der Waals surface area contributed by atoms with Crippen LogP contribution in [-0.4, -0.2) is 18.0 Å². The van der Waals surface area contributed by atoms with Gasteiger partial charge in [-0.15, -0.1) is 0 Å². The van der Waals surface area contributed by atoms with E-state index in [-0.39, 0.29) is 0 Å². The van der Waals surface area contributed by atoms with Crippen LogP contribution in [0.15, 0.2) is 41.0 Å². The topological polar surface area (TPSA) is 28.4 Å². The Morgan fingerprint density at radius 3 is 2.29 bits per heavy atom. The van der Waals surface area contributed by atoms with Crippen LogP contribution in [0, 0.1) is 6.92 Å². The molecule has 1 heterocycles. The molecule has 0 bridgehead atoms. The van der Waals surface area contributed by atoms with Gasteiger partial charge in [0, 0.05) is 31.2 Å². The van der Waals surface area contributed by atoms with Crippen LogP contribution in [0.3, 0.4) is 0 Å².